The van der Waals surface area contributed by atoms with Crippen molar-refractivity contribution in [1.82, 2.24) is 14.9 Å². The van der Waals surface area contributed by atoms with Crippen molar-refractivity contribution < 1.29 is 32.6 Å². The Labute approximate surface area is 242 Å². The van der Waals surface area contributed by atoms with Crippen molar-refractivity contribution in [2.45, 2.75) is 70.7 Å². The Kier molecular flexibility index (Phi) is 10.4. The number of ether oxygens (including phenoxy) is 2. The van der Waals surface area contributed by atoms with Crippen LogP contribution >= 0.6 is 0 Å². The van der Waals surface area contributed by atoms with Gasteiger partial charge in [0, 0.05) is 19.2 Å². The molecule has 12 heteroatoms. The number of aliphatic hydroxyl groups excluding tert-OH is 1. The molecule has 41 heavy (non-hydrogen) atoms. The lowest BCUT2D eigenvalue weighted by Gasteiger charge is -2.35. The first-order valence-corrected chi connectivity index (χ1v) is 15.0. The van der Waals surface area contributed by atoms with Crippen molar-refractivity contribution in [3.8, 4) is 11.5 Å². The standard InChI is InChI=1S/C29H42N4O7S/c1-18(2)15-33(41(37,38)21-12-13-23-24(14-21)40-17-39-23)16-22(34)25(20-10-8-7-9-11-20)31-28(36)26(29(4,5)6)32-27(35)19(3)30/h7-14,18-19,22,25-26,34H,15-17,30H2,1-6H3,(H,31,36)(H,32,35)/t19-,22-,25?,26-/m1/s1. The van der Waals surface area contributed by atoms with Crippen LogP contribution in [-0.2, 0) is 19.6 Å². The van der Waals surface area contributed by atoms with Gasteiger partial charge in [0.1, 0.15) is 6.04 Å². The molecule has 0 radical (unpaired) electrons. The van der Waals surface area contributed by atoms with Crippen LogP contribution < -0.4 is 25.8 Å². The second-order valence-corrected chi connectivity index (χ2v) is 13.7. The first-order chi connectivity index (χ1) is 19.1. The van der Waals surface area contributed by atoms with E-state index in [2.05, 4.69) is 10.6 Å². The summed E-state index contributed by atoms with van der Waals surface area (Å²) in [5, 5.41) is 17.1. The molecule has 0 aromatic heterocycles. The maximum atomic E-state index is 13.8. The third-order valence-electron chi connectivity index (χ3n) is 6.61. The SMILES string of the molecule is CC(C)CN(C[C@@H](O)C(NC(=O)[C@@H](NC(=O)[C@@H](C)N)C(C)(C)C)c1ccccc1)S(=O)(=O)c1ccc2c(c1)OCO2. The number of hydrogen-bond acceptors (Lipinski definition) is 8. The zero-order valence-corrected chi connectivity index (χ0v) is 25.3. The molecule has 2 aromatic rings. The number of carbonyl (C=O) groups excluding carboxylic acids is 2. The van der Waals surface area contributed by atoms with E-state index < -0.39 is 51.5 Å². The molecular formula is C29H42N4O7S. The summed E-state index contributed by atoms with van der Waals surface area (Å²) in [4.78, 5) is 26.0. The molecule has 1 heterocycles. The van der Waals surface area contributed by atoms with Crippen LogP contribution in [0.1, 0.15) is 53.1 Å². The molecule has 1 aliphatic heterocycles. The van der Waals surface area contributed by atoms with Crippen molar-refractivity contribution in [1.29, 1.82) is 0 Å². The summed E-state index contributed by atoms with van der Waals surface area (Å²) in [5.74, 6) is -0.305. The summed E-state index contributed by atoms with van der Waals surface area (Å²) in [6, 6.07) is 10.4. The summed E-state index contributed by atoms with van der Waals surface area (Å²) >= 11 is 0. The molecule has 0 fully saturated rings. The molecule has 1 unspecified atom stereocenters. The Bertz CT molecular complexity index is 1310. The Morgan fingerprint density at radius 3 is 2.20 bits per heavy atom. The van der Waals surface area contributed by atoms with E-state index >= 15 is 0 Å². The zero-order valence-electron chi connectivity index (χ0n) is 24.5. The number of nitrogens with two attached hydrogens (primary N) is 1. The van der Waals surface area contributed by atoms with Crippen LogP contribution in [0.25, 0.3) is 0 Å². The Morgan fingerprint density at radius 1 is 0.976 bits per heavy atom. The van der Waals surface area contributed by atoms with E-state index in [9.17, 15) is 23.1 Å². The van der Waals surface area contributed by atoms with Gasteiger partial charge in [0.2, 0.25) is 28.6 Å². The first kappa shape index (κ1) is 32.3. The van der Waals surface area contributed by atoms with Gasteiger partial charge < -0.3 is 30.9 Å². The molecule has 226 valence electrons. The number of rotatable bonds is 12. The predicted octanol–water partition coefficient (Wildman–Crippen LogP) is 2.16. The highest BCUT2D eigenvalue weighted by Gasteiger charge is 2.37. The Balaban J connectivity index is 1.93. The van der Waals surface area contributed by atoms with E-state index in [0.29, 0.717) is 17.1 Å². The molecule has 4 atom stereocenters. The van der Waals surface area contributed by atoms with Gasteiger partial charge in [0.25, 0.3) is 0 Å². The van der Waals surface area contributed by atoms with Crippen LogP contribution in [0.15, 0.2) is 53.4 Å². The highest BCUT2D eigenvalue weighted by Crippen LogP contribution is 2.35. The van der Waals surface area contributed by atoms with Crippen molar-refractivity contribution in [3.63, 3.8) is 0 Å². The number of nitrogens with one attached hydrogen (secondary N) is 2. The van der Waals surface area contributed by atoms with Crippen LogP contribution in [0.3, 0.4) is 0 Å². The van der Waals surface area contributed by atoms with Crippen LogP contribution in [0.5, 0.6) is 11.5 Å². The molecule has 1 aliphatic rings. The van der Waals surface area contributed by atoms with Crippen LogP contribution in [-0.4, -0.2) is 67.7 Å². The van der Waals surface area contributed by atoms with Gasteiger partial charge in [-0.15, -0.1) is 0 Å². The minimum Gasteiger partial charge on any atom is -0.454 e. The average molecular weight is 591 g/mol. The number of carbonyl (C=O) groups is 2. The molecule has 2 aromatic carbocycles. The topological polar surface area (TPSA) is 160 Å². The van der Waals surface area contributed by atoms with E-state index in [0.717, 1.165) is 0 Å². The fourth-order valence-electron chi connectivity index (χ4n) is 4.43. The molecule has 5 N–H and O–H groups in total. The number of amides is 2. The molecule has 0 bridgehead atoms. The minimum absolute atomic E-state index is 0.00121. The van der Waals surface area contributed by atoms with Gasteiger partial charge >= 0.3 is 0 Å². The predicted molar refractivity (Wildman–Crippen MR) is 155 cm³/mol. The maximum Gasteiger partial charge on any atom is 0.243 e. The van der Waals surface area contributed by atoms with Gasteiger partial charge in [-0.25, -0.2) is 8.42 Å². The van der Waals surface area contributed by atoms with Gasteiger partial charge in [-0.1, -0.05) is 65.0 Å². The number of nitrogens with zero attached hydrogens (tertiary/aromatic N) is 1. The smallest absolute Gasteiger partial charge is 0.243 e. The van der Waals surface area contributed by atoms with Gasteiger partial charge in [0.05, 0.1) is 23.1 Å². The van der Waals surface area contributed by atoms with Crippen molar-refractivity contribution in [2.75, 3.05) is 19.9 Å². The highest BCUT2D eigenvalue weighted by atomic mass is 32.2. The highest BCUT2D eigenvalue weighted by molar-refractivity contribution is 7.89. The van der Waals surface area contributed by atoms with Crippen molar-refractivity contribution in [2.24, 2.45) is 17.1 Å². The minimum atomic E-state index is -4.07. The molecule has 0 saturated heterocycles. The molecule has 0 spiro atoms. The number of fused-ring (bicyclic) bond motifs is 1. The van der Waals surface area contributed by atoms with Crippen LogP contribution in [0.4, 0.5) is 0 Å². The van der Waals surface area contributed by atoms with E-state index in [1.807, 2.05) is 13.8 Å². The van der Waals surface area contributed by atoms with E-state index in [-0.39, 0.29) is 30.7 Å². The maximum absolute atomic E-state index is 13.8. The second-order valence-electron chi connectivity index (χ2n) is 11.8. The number of hydrogen-bond donors (Lipinski definition) is 4. The number of benzene rings is 2. The van der Waals surface area contributed by atoms with Crippen LogP contribution in [0.2, 0.25) is 0 Å². The number of sulfonamides is 1. The second kappa shape index (κ2) is 13.2. The Hall–Kier alpha value is -3.19. The van der Waals surface area contributed by atoms with Gasteiger partial charge in [-0.2, -0.15) is 4.31 Å². The average Bonchev–Trinajstić information content (AvgIpc) is 3.37. The fourth-order valence-corrected chi connectivity index (χ4v) is 6.06. The molecule has 0 saturated carbocycles. The fraction of sp³-hybridized carbons (Fsp3) is 0.517. The molecule has 2 amide bonds. The quantitative estimate of drug-likeness (QED) is 0.293. The summed E-state index contributed by atoms with van der Waals surface area (Å²) in [6.07, 6.45) is -1.34. The van der Waals surface area contributed by atoms with E-state index in [1.165, 1.54) is 29.4 Å². The summed E-state index contributed by atoms with van der Waals surface area (Å²) in [5.41, 5.74) is 5.61. The third-order valence-corrected chi connectivity index (χ3v) is 8.44. The molecule has 3 rings (SSSR count). The van der Waals surface area contributed by atoms with Crippen molar-refractivity contribution in [3.05, 3.63) is 54.1 Å². The summed E-state index contributed by atoms with van der Waals surface area (Å²) in [7, 11) is -4.07. The van der Waals surface area contributed by atoms with Gasteiger partial charge in [-0.3, -0.25) is 9.59 Å². The monoisotopic (exact) mass is 590 g/mol. The van der Waals surface area contributed by atoms with Crippen LogP contribution in [0, 0.1) is 11.3 Å². The van der Waals surface area contributed by atoms with Gasteiger partial charge in [-0.05, 0) is 36.0 Å². The van der Waals surface area contributed by atoms with E-state index in [1.54, 1.807) is 51.1 Å². The van der Waals surface area contributed by atoms with Gasteiger partial charge in [0.15, 0.2) is 11.5 Å². The number of aliphatic hydroxyl groups is 1. The lowest BCUT2D eigenvalue weighted by Crippen LogP contribution is -2.58. The van der Waals surface area contributed by atoms with Crippen molar-refractivity contribution >= 4 is 21.8 Å². The summed E-state index contributed by atoms with van der Waals surface area (Å²) < 4.78 is 39.4. The lowest BCUT2D eigenvalue weighted by atomic mass is 9.85. The zero-order chi connectivity index (χ0) is 30.5. The molecular weight excluding hydrogens is 548 g/mol. The lowest BCUT2D eigenvalue weighted by molar-refractivity contribution is -0.133. The summed E-state index contributed by atoms with van der Waals surface area (Å²) in [6.45, 7) is 10.5. The van der Waals surface area contributed by atoms with E-state index in [4.69, 9.17) is 15.2 Å². The Morgan fingerprint density at radius 2 is 1.61 bits per heavy atom. The largest absolute Gasteiger partial charge is 0.454 e. The molecule has 11 nitrogen and oxygen atoms in total. The normalized spacial score (nSPS) is 16.2. The first-order valence-electron chi connectivity index (χ1n) is 13.6. The molecule has 0 aliphatic carbocycles. The third kappa shape index (κ3) is 8.19.